The van der Waals surface area contributed by atoms with Crippen LogP contribution in [0.15, 0.2) is 0 Å². The van der Waals surface area contributed by atoms with Crippen molar-refractivity contribution in [2.75, 3.05) is 20.3 Å². The molecule has 11 heavy (non-hydrogen) atoms. The first-order valence-corrected chi connectivity index (χ1v) is 3.85. The van der Waals surface area contributed by atoms with Gasteiger partial charge in [0.05, 0.1) is 6.61 Å². The van der Waals surface area contributed by atoms with Crippen LogP contribution in [0.2, 0.25) is 0 Å². The van der Waals surface area contributed by atoms with E-state index < -0.39 is 0 Å². The summed E-state index contributed by atoms with van der Waals surface area (Å²) in [5, 5.41) is 0. The van der Waals surface area contributed by atoms with Crippen molar-refractivity contribution >= 4 is 5.91 Å². The van der Waals surface area contributed by atoms with E-state index in [2.05, 4.69) is 0 Å². The van der Waals surface area contributed by atoms with Gasteiger partial charge in [-0.3, -0.25) is 4.79 Å². The highest BCUT2D eigenvalue weighted by Gasteiger charge is 2.10. The van der Waals surface area contributed by atoms with Crippen LogP contribution < -0.4 is 0 Å². The Morgan fingerprint density at radius 2 is 2.09 bits per heavy atom. The standard InChI is InChI=1S/C8H17NO2/c1-7(2)9(8(3)10)5-6-11-4/h7H,5-6H2,1-4H3. The Labute approximate surface area is 68.3 Å². The number of methoxy groups -OCH3 is 1. The maximum absolute atomic E-state index is 11.0. The summed E-state index contributed by atoms with van der Waals surface area (Å²) in [5.41, 5.74) is 0. The van der Waals surface area contributed by atoms with Gasteiger partial charge in [0.25, 0.3) is 0 Å². The van der Waals surface area contributed by atoms with Gasteiger partial charge in [0, 0.05) is 26.6 Å². The summed E-state index contributed by atoms with van der Waals surface area (Å²) in [6, 6.07) is 0.266. The highest BCUT2D eigenvalue weighted by Crippen LogP contribution is 1.97. The van der Waals surface area contributed by atoms with Gasteiger partial charge in [-0.2, -0.15) is 0 Å². The van der Waals surface area contributed by atoms with Crippen molar-refractivity contribution in [3.05, 3.63) is 0 Å². The highest BCUT2D eigenvalue weighted by atomic mass is 16.5. The van der Waals surface area contributed by atoms with Gasteiger partial charge in [0.1, 0.15) is 0 Å². The average molecular weight is 159 g/mol. The van der Waals surface area contributed by atoms with Gasteiger partial charge >= 0.3 is 0 Å². The summed E-state index contributed by atoms with van der Waals surface area (Å²) >= 11 is 0. The van der Waals surface area contributed by atoms with Gasteiger partial charge in [-0.05, 0) is 13.8 Å². The number of carbonyl (C=O) groups excluding carboxylic acids is 1. The van der Waals surface area contributed by atoms with Crippen molar-refractivity contribution in [2.24, 2.45) is 0 Å². The van der Waals surface area contributed by atoms with Crippen LogP contribution in [0.4, 0.5) is 0 Å². The van der Waals surface area contributed by atoms with Crippen LogP contribution in [0.25, 0.3) is 0 Å². The summed E-state index contributed by atoms with van der Waals surface area (Å²) in [5.74, 6) is 0.108. The SMILES string of the molecule is COCCN(C(C)=O)C(C)C. The van der Waals surface area contributed by atoms with Crippen LogP contribution in [0, 0.1) is 0 Å². The van der Waals surface area contributed by atoms with Crippen LogP contribution in [-0.2, 0) is 9.53 Å². The quantitative estimate of drug-likeness (QED) is 0.609. The van der Waals surface area contributed by atoms with Crippen LogP contribution in [0.5, 0.6) is 0 Å². The van der Waals surface area contributed by atoms with E-state index in [-0.39, 0.29) is 11.9 Å². The molecule has 0 N–H and O–H groups in total. The lowest BCUT2D eigenvalue weighted by Crippen LogP contribution is -2.37. The smallest absolute Gasteiger partial charge is 0.219 e. The van der Waals surface area contributed by atoms with E-state index in [1.165, 1.54) is 0 Å². The number of ether oxygens (including phenoxy) is 1. The Balaban J connectivity index is 3.80. The van der Waals surface area contributed by atoms with Gasteiger partial charge in [-0.1, -0.05) is 0 Å². The second kappa shape index (κ2) is 5.13. The molecule has 0 aromatic rings. The monoisotopic (exact) mass is 159 g/mol. The van der Waals surface area contributed by atoms with E-state index in [4.69, 9.17) is 4.74 Å². The summed E-state index contributed by atoms with van der Waals surface area (Å²) in [7, 11) is 1.64. The zero-order valence-corrected chi connectivity index (χ0v) is 7.76. The molecule has 0 radical (unpaired) electrons. The maximum Gasteiger partial charge on any atom is 0.219 e. The molecule has 0 aliphatic carbocycles. The molecule has 0 aliphatic heterocycles. The molecule has 1 amide bonds. The zero-order chi connectivity index (χ0) is 8.85. The fraction of sp³-hybridized carbons (Fsp3) is 0.875. The van der Waals surface area contributed by atoms with Gasteiger partial charge in [0.15, 0.2) is 0 Å². The predicted molar refractivity (Wildman–Crippen MR) is 44.4 cm³/mol. The number of rotatable bonds is 4. The van der Waals surface area contributed by atoms with Crippen LogP contribution in [0.3, 0.4) is 0 Å². The molecular formula is C8H17NO2. The number of hydrogen-bond acceptors (Lipinski definition) is 2. The van der Waals surface area contributed by atoms with E-state index >= 15 is 0 Å². The second-order valence-electron chi connectivity index (χ2n) is 2.80. The first-order chi connectivity index (χ1) is 5.09. The summed E-state index contributed by atoms with van der Waals surface area (Å²) in [4.78, 5) is 12.7. The fourth-order valence-corrected chi connectivity index (χ4v) is 0.969. The first kappa shape index (κ1) is 10.4. The fourth-order valence-electron chi connectivity index (χ4n) is 0.969. The number of amides is 1. The molecule has 0 aromatic carbocycles. The highest BCUT2D eigenvalue weighted by molar-refractivity contribution is 5.73. The molecule has 0 saturated carbocycles. The van der Waals surface area contributed by atoms with Gasteiger partial charge < -0.3 is 9.64 Å². The molecule has 0 saturated heterocycles. The minimum Gasteiger partial charge on any atom is -0.383 e. The lowest BCUT2D eigenvalue weighted by molar-refractivity contribution is -0.131. The van der Waals surface area contributed by atoms with E-state index in [9.17, 15) is 4.79 Å². The molecule has 0 bridgehead atoms. The van der Waals surface area contributed by atoms with Crippen LogP contribution in [0.1, 0.15) is 20.8 Å². The third kappa shape index (κ3) is 3.98. The van der Waals surface area contributed by atoms with Crippen molar-refractivity contribution in [1.29, 1.82) is 0 Å². The largest absolute Gasteiger partial charge is 0.383 e. The normalized spacial score (nSPS) is 10.3. The van der Waals surface area contributed by atoms with E-state index in [0.29, 0.717) is 13.2 Å². The maximum atomic E-state index is 11.0. The summed E-state index contributed by atoms with van der Waals surface area (Å²) < 4.78 is 4.88. The van der Waals surface area contributed by atoms with E-state index in [1.54, 1.807) is 18.9 Å². The predicted octanol–water partition coefficient (Wildman–Crippen LogP) is 0.890. The summed E-state index contributed by atoms with van der Waals surface area (Å²) in [6.07, 6.45) is 0. The van der Waals surface area contributed by atoms with Crippen molar-refractivity contribution in [1.82, 2.24) is 4.90 Å². The zero-order valence-electron chi connectivity index (χ0n) is 7.76. The van der Waals surface area contributed by atoms with Crippen molar-refractivity contribution in [3.8, 4) is 0 Å². The topological polar surface area (TPSA) is 29.5 Å². The van der Waals surface area contributed by atoms with E-state index in [1.807, 2.05) is 13.8 Å². The summed E-state index contributed by atoms with van der Waals surface area (Å²) in [6.45, 7) is 6.87. The first-order valence-electron chi connectivity index (χ1n) is 3.85. The molecule has 0 rings (SSSR count). The Morgan fingerprint density at radius 3 is 2.36 bits per heavy atom. The third-order valence-electron chi connectivity index (χ3n) is 1.56. The molecule has 0 spiro atoms. The lowest BCUT2D eigenvalue weighted by Gasteiger charge is -2.24. The molecule has 0 fully saturated rings. The van der Waals surface area contributed by atoms with Gasteiger partial charge in [0.2, 0.25) is 5.91 Å². The molecule has 0 aliphatic rings. The molecule has 3 nitrogen and oxygen atoms in total. The number of nitrogens with zero attached hydrogens (tertiary/aromatic N) is 1. The average Bonchev–Trinajstić information content (AvgIpc) is 1.87. The Bertz CT molecular complexity index is 123. The lowest BCUT2D eigenvalue weighted by atomic mass is 10.3. The Hall–Kier alpha value is -0.570. The molecule has 0 atom stereocenters. The second-order valence-corrected chi connectivity index (χ2v) is 2.80. The molecule has 3 heteroatoms. The molecular weight excluding hydrogens is 142 g/mol. The van der Waals surface area contributed by atoms with Crippen LogP contribution >= 0.6 is 0 Å². The third-order valence-corrected chi connectivity index (χ3v) is 1.56. The Morgan fingerprint density at radius 1 is 1.55 bits per heavy atom. The van der Waals surface area contributed by atoms with Crippen molar-refractivity contribution in [3.63, 3.8) is 0 Å². The molecule has 0 heterocycles. The van der Waals surface area contributed by atoms with Gasteiger partial charge in [-0.15, -0.1) is 0 Å². The van der Waals surface area contributed by atoms with Crippen molar-refractivity contribution < 1.29 is 9.53 Å². The Kier molecular flexibility index (Phi) is 4.86. The van der Waals surface area contributed by atoms with Crippen LogP contribution in [-0.4, -0.2) is 37.1 Å². The van der Waals surface area contributed by atoms with Gasteiger partial charge in [-0.25, -0.2) is 0 Å². The molecule has 0 unspecified atom stereocenters. The van der Waals surface area contributed by atoms with E-state index in [0.717, 1.165) is 0 Å². The number of hydrogen-bond donors (Lipinski definition) is 0. The number of carbonyl (C=O) groups is 1. The molecule has 0 aromatic heterocycles. The molecule has 66 valence electrons. The minimum absolute atomic E-state index is 0.108. The van der Waals surface area contributed by atoms with Crippen molar-refractivity contribution in [2.45, 2.75) is 26.8 Å². The minimum atomic E-state index is 0.108.